The second kappa shape index (κ2) is 8.48. The van der Waals surface area contributed by atoms with Gasteiger partial charge in [-0.05, 0) is 34.1 Å². The van der Waals surface area contributed by atoms with E-state index < -0.39 is 10.2 Å². The molecular weight excluding hydrogens is 384 g/mol. The highest BCUT2D eigenvalue weighted by Gasteiger charge is 2.37. The Balaban J connectivity index is 1.53. The van der Waals surface area contributed by atoms with E-state index >= 15 is 0 Å². The number of ether oxygens (including phenoxy) is 1. The number of rotatable bonds is 5. The van der Waals surface area contributed by atoms with Crippen LogP contribution in [0.1, 0.15) is 37.3 Å². The van der Waals surface area contributed by atoms with Crippen LogP contribution in [0.3, 0.4) is 0 Å². The van der Waals surface area contributed by atoms with E-state index in [-0.39, 0.29) is 18.1 Å². The molecule has 2 aliphatic heterocycles. The number of morpholine rings is 1. The van der Waals surface area contributed by atoms with Crippen LogP contribution in [0, 0.1) is 13.8 Å². The van der Waals surface area contributed by atoms with Gasteiger partial charge in [-0.25, -0.2) is 0 Å². The van der Waals surface area contributed by atoms with Crippen molar-refractivity contribution >= 4 is 16.1 Å². The highest BCUT2D eigenvalue weighted by atomic mass is 32.2. The van der Waals surface area contributed by atoms with Crippen molar-refractivity contribution in [2.45, 2.75) is 52.7 Å². The van der Waals surface area contributed by atoms with Crippen LogP contribution in [0.2, 0.25) is 0 Å². The molecule has 1 aromatic rings. The molecule has 0 unspecified atom stereocenters. The summed E-state index contributed by atoms with van der Waals surface area (Å²) in [4.78, 5) is 14.3. The van der Waals surface area contributed by atoms with Gasteiger partial charge in [-0.15, -0.1) is 0 Å². The lowest BCUT2D eigenvalue weighted by Crippen LogP contribution is -2.57. The molecule has 28 heavy (non-hydrogen) atoms. The highest BCUT2D eigenvalue weighted by Crippen LogP contribution is 2.20. The Morgan fingerprint density at radius 1 is 1.07 bits per heavy atom. The Morgan fingerprint density at radius 3 is 2.21 bits per heavy atom. The van der Waals surface area contributed by atoms with Crippen LogP contribution in [0.5, 0.6) is 0 Å². The third kappa shape index (κ3) is 4.56. The monoisotopic (exact) mass is 414 g/mol. The smallest absolute Gasteiger partial charge is 0.282 e. The fraction of sp³-hybridized carbons (Fsp3) is 0.778. The van der Waals surface area contributed by atoms with E-state index in [1.54, 1.807) is 4.90 Å². The van der Waals surface area contributed by atoms with Crippen molar-refractivity contribution in [1.29, 1.82) is 0 Å². The molecule has 1 amide bonds. The first-order valence-corrected chi connectivity index (χ1v) is 11.2. The summed E-state index contributed by atoms with van der Waals surface area (Å²) < 4.78 is 39.6. The van der Waals surface area contributed by atoms with Gasteiger partial charge in [0.1, 0.15) is 5.76 Å². The van der Waals surface area contributed by atoms with Crippen LogP contribution in [0.25, 0.3) is 0 Å². The molecule has 2 aliphatic rings. The van der Waals surface area contributed by atoms with Crippen LogP contribution in [-0.4, -0.2) is 84.5 Å². The second-order valence-corrected chi connectivity index (χ2v) is 9.59. The summed E-state index contributed by atoms with van der Waals surface area (Å²) in [5, 5.41) is 3.91. The van der Waals surface area contributed by atoms with E-state index in [2.05, 4.69) is 5.16 Å². The first kappa shape index (κ1) is 21.2. The lowest BCUT2D eigenvalue weighted by atomic mass is 10.1. The molecule has 0 bridgehead atoms. The van der Waals surface area contributed by atoms with Gasteiger partial charge < -0.3 is 14.2 Å². The van der Waals surface area contributed by atoms with Gasteiger partial charge in [-0.1, -0.05) is 5.16 Å². The Kier molecular flexibility index (Phi) is 6.43. The molecule has 0 N–H and O–H groups in total. The lowest BCUT2D eigenvalue weighted by molar-refractivity contribution is -0.132. The maximum absolute atomic E-state index is 12.9. The molecule has 2 saturated heterocycles. The molecule has 9 nitrogen and oxygen atoms in total. The molecule has 0 saturated carbocycles. The summed E-state index contributed by atoms with van der Waals surface area (Å²) in [5.74, 6) is 0.779. The molecule has 3 heterocycles. The zero-order valence-electron chi connectivity index (χ0n) is 17.0. The van der Waals surface area contributed by atoms with Gasteiger partial charge in [0.15, 0.2) is 0 Å². The molecule has 10 heteroatoms. The predicted octanol–water partition coefficient (Wildman–Crippen LogP) is 0.722. The Labute approximate surface area is 166 Å². The number of aryl methyl sites for hydroxylation is 2. The van der Waals surface area contributed by atoms with Gasteiger partial charge >= 0.3 is 0 Å². The van der Waals surface area contributed by atoms with Gasteiger partial charge in [-0.3, -0.25) is 4.79 Å². The molecule has 3 rings (SSSR count). The molecule has 1 aromatic heterocycles. The summed E-state index contributed by atoms with van der Waals surface area (Å²) in [7, 11) is -3.53. The molecule has 0 aliphatic carbocycles. The second-order valence-electron chi connectivity index (χ2n) is 7.66. The Bertz CT molecular complexity index is 771. The van der Waals surface area contributed by atoms with E-state index in [0.717, 1.165) is 17.0 Å². The molecule has 0 aromatic carbocycles. The van der Waals surface area contributed by atoms with E-state index in [9.17, 15) is 13.2 Å². The van der Waals surface area contributed by atoms with Crippen LogP contribution < -0.4 is 0 Å². The number of piperazine rings is 1. The number of nitrogens with zero attached hydrogens (tertiary/aromatic N) is 4. The Hall–Kier alpha value is -1.49. The third-order valence-electron chi connectivity index (χ3n) is 5.40. The quantitative estimate of drug-likeness (QED) is 0.705. The van der Waals surface area contributed by atoms with Gasteiger partial charge in [0.2, 0.25) is 5.91 Å². The van der Waals surface area contributed by atoms with Crippen molar-refractivity contribution in [2.24, 2.45) is 0 Å². The molecule has 2 fully saturated rings. The SMILES string of the molecule is Cc1noc(C)c1CCC(=O)N1CCN(S(=O)(=O)N2C[C@@H](C)O[C@H](C)C2)CC1. The van der Waals surface area contributed by atoms with Crippen molar-refractivity contribution in [3.8, 4) is 0 Å². The third-order valence-corrected chi connectivity index (χ3v) is 7.37. The van der Waals surface area contributed by atoms with Crippen LogP contribution in [0.4, 0.5) is 0 Å². The number of hydrogen-bond acceptors (Lipinski definition) is 6. The van der Waals surface area contributed by atoms with Gasteiger partial charge in [-0.2, -0.15) is 17.0 Å². The fourth-order valence-corrected chi connectivity index (χ4v) is 5.65. The van der Waals surface area contributed by atoms with E-state index in [1.807, 2.05) is 27.7 Å². The molecule has 158 valence electrons. The average Bonchev–Trinajstić information content (AvgIpc) is 2.97. The first-order valence-electron chi connectivity index (χ1n) is 9.78. The van der Waals surface area contributed by atoms with Gasteiger partial charge in [0.05, 0.1) is 17.9 Å². The average molecular weight is 415 g/mol. The van der Waals surface area contributed by atoms with Crippen molar-refractivity contribution in [3.63, 3.8) is 0 Å². The largest absolute Gasteiger partial charge is 0.373 e. The standard InChI is InChI=1S/C18H30N4O5S/c1-13-11-22(12-14(2)26-13)28(24,25)21-9-7-20(8-10-21)18(23)6-5-17-15(3)19-27-16(17)4/h13-14H,5-12H2,1-4H3/t13-,14-/m1/s1. The minimum Gasteiger partial charge on any atom is -0.373 e. The number of carbonyl (C=O) groups excluding carboxylic acids is 1. The molecule has 0 spiro atoms. The summed E-state index contributed by atoms with van der Waals surface area (Å²) in [6.45, 7) is 9.67. The lowest BCUT2D eigenvalue weighted by Gasteiger charge is -2.40. The van der Waals surface area contributed by atoms with Crippen LogP contribution >= 0.6 is 0 Å². The molecular formula is C18H30N4O5S. The van der Waals surface area contributed by atoms with E-state index in [4.69, 9.17) is 9.26 Å². The molecule has 2 atom stereocenters. The summed E-state index contributed by atoms with van der Waals surface area (Å²) in [6.07, 6.45) is 0.715. The van der Waals surface area contributed by atoms with Crippen LogP contribution in [-0.2, 0) is 26.2 Å². The van der Waals surface area contributed by atoms with Crippen molar-refractivity contribution in [2.75, 3.05) is 39.3 Å². The van der Waals surface area contributed by atoms with Crippen molar-refractivity contribution in [1.82, 2.24) is 18.7 Å². The number of carbonyl (C=O) groups is 1. The minimum absolute atomic E-state index is 0.0330. The van der Waals surface area contributed by atoms with Gasteiger partial charge in [0.25, 0.3) is 10.2 Å². The van der Waals surface area contributed by atoms with Crippen molar-refractivity contribution < 1.29 is 22.5 Å². The minimum atomic E-state index is -3.53. The van der Waals surface area contributed by atoms with Gasteiger partial charge in [0, 0.05) is 51.3 Å². The zero-order chi connectivity index (χ0) is 20.5. The maximum Gasteiger partial charge on any atom is 0.282 e. The normalized spacial score (nSPS) is 25.2. The Morgan fingerprint density at radius 2 is 1.68 bits per heavy atom. The topological polar surface area (TPSA) is 96.2 Å². The van der Waals surface area contributed by atoms with E-state index in [1.165, 1.54) is 8.61 Å². The first-order chi connectivity index (χ1) is 13.2. The highest BCUT2D eigenvalue weighted by molar-refractivity contribution is 7.86. The fourth-order valence-electron chi connectivity index (χ4n) is 3.90. The summed E-state index contributed by atoms with van der Waals surface area (Å²) in [5.41, 5.74) is 1.79. The summed E-state index contributed by atoms with van der Waals surface area (Å²) >= 11 is 0. The number of amides is 1. The molecule has 0 radical (unpaired) electrons. The van der Waals surface area contributed by atoms with Crippen LogP contribution in [0.15, 0.2) is 4.52 Å². The summed E-state index contributed by atoms with van der Waals surface area (Å²) in [6, 6.07) is 0. The zero-order valence-corrected chi connectivity index (χ0v) is 17.9. The van der Waals surface area contributed by atoms with Crippen molar-refractivity contribution in [3.05, 3.63) is 17.0 Å². The number of aromatic nitrogens is 1. The maximum atomic E-state index is 12.9. The predicted molar refractivity (Wildman–Crippen MR) is 103 cm³/mol. The van der Waals surface area contributed by atoms with E-state index in [0.29, 0.717) is 52.1 Å². The number of hydrogen-bond donors (Lipinski definition) is 0.